The molecule has 0 fully saturated rings. The summed E-state index contributed by atoms with van der Waals surface area (Å²) in [4.78, 5) is 33.3. The second-order valence-electron chi connectivity index (χ2n) is 5.33. The maximum atomic E-state index is 11.5. The molecule has 21 heavy (non-hydrogen) atoms. The average molecular weight is 301 g/mol. The number of carboxylic acids is 1. The van der Waals surface area contributed by atoms with E-state index in [4.69, 9.17) is 5.11 Å². The first-order chi connectivity index (χ1) is 9.85. The van der Waals surface area contributed by atoms with E-state index in [0.717, 1.165) is 12.8 Å². The monoisotopic (exact) mass is 301 g/mol. The molecule has 122 valence electrons. The van der Waals surface area contributed by atoms with Gasteiger partial charge in [-0.3, -0.25) is 9.59 Å². The van der Waals surface area contributed by atoms with Crippen LogP contribution < -0.4 is 16.0 Å². The van der Waals surface area contributed by atoms with Crippen molar-refractivity contribution in [3.8, 4) is 0 Å². The number of urea groups is 1. The van der Waals surface area contributed by atoms with E-state index in [2.05, 4.69) is 16.0 Å². The molecule has 0 saturated heterocycles. The molecule has 0 aromatic rings. The minimum atomic E-state index is -0.796. The third-order valence-corrected chi connectivity index (χ3v) is 3.04. The molecule has 0 saturated carbocycles. The van der Waals surface area contributed by atoms with Gasteiger partial charge in [0.15, 0.2) is 0 Å². The molecule has 0 aliphatic carbocycles. The maximum absolute atomic E-state index is 11.5. The molecule has 0 aliphatic heterocycles. The van der Waals surface area contributed by atoms with Gasteiger partial charge in [-0.25, -0.2) is 4.79 Å². The van der Waals surface area contributed by atoms with E-state index >= 15 is 0 Å². The third-order valence-electron chi connectivity index (χ3n) is 3.04. The summed E-state index contributed by atoms with van der Waals surface area (Å²) in [6.07, 6.45) is 2.38. The number of amides is 3. The molecule has 0 spiro atoms. The van der Waals surface area contributed by atoms with Crippen LogP contribution in [0.5, 0.6) is 0 Å². The van der Waals surface area contributed by atoms with Crippen LogP contribution in [0.3, 0.4) is 0 Å². The van der Waals surface area contributed by atoms with Gasteiger partial charge in [0.05, 0.1) is 6.54 Å². The quantitative estimate of drug-likeness (QED) is 0.484. The Bertz CT molecular complexity index is 345. The van der Waals surface area contributed by atoms with Gasteiger partial charge in [0.25, 0.3) is 0 Å². The average Bonchev–Trinajstić information content (AvgIpc) is 2.39. The van der Waals surface area contributed by atoms with Crippen LogP contribution in [0.4, 0.5) is 4.79 Å². The summed E-state index contributed by atoms with van der Waals surface area (Å²) in [5.41, 5.74) is 0. The summed E-state index contributed by atoms with van der Waals surface area (Å²) in [6.45, 7) is 6.11. The lowest BCUT2D eigenvalue weighted by Crippen LogP contribution is -2.44. The Morgan fingerprint density at radius 3 is 2.29 bits per heavy atom. The van der Waals surface area contributed by atoms with Crippen molar-refractivity contribution in [2.24, 2.45) is 5.92 Å². The predicted octanol–water partition coefficient (Wildman–Crippen LogP) is 1.09. The van der Waals surface area contributed by atoms with Gasteiger partial charge in [-0.1, -0.05) is 13.3 Å². The Morgan fingerprint density at radius 2 is 1.76 bits per heavy atom. The zero-order chi connectivity index (χ0) is 16.3. The molecule has 3 amide bonds. The molecule has 0 radical (unpaired) electrons. The Hall–Kier alpha value is -1.79. The summed E-state index contributed by atoms with van der Waals surface area (Å²) in [5.74, 6) is -0.742. The summed E-state index contributed by atoms with van der Waals surface area (Å²) in [5, 5.41) is 16.4. The van der Waals surface area contributed by atoms with Crippen molar-refractivity contribution in [1.29, 1.82) is 0 Å². The molecule has 1 unspecified atom stereocenters. The topological polar surface area (TPSA) is 108 Å². The van der Waals surface area contributed by atoms with Gasteiger partial charge in [0.1, 0.15) is 0 Å². The smallest absolute Gasteiger partial charge is 0.315 e. The van der Waals surface area contributed by atoms with E-state index in [1.807, 2.05) is 20.8 Å². The highest BCUT2D eigenvalue weighted by Gasteiger charge is 2.10. The second kappa shape index (κ2) is 10.9. The number of hydrogen-bond acceptors (Lipinski definition) is 3. The molecule has 4 N–H and O–H groups in total. The molecule has 0 aromatic carbocycles. The Balaban J connectivity index is 3.77. The Kier molecular flexibility index (Phi) is 10.0. The highest BCUT2D eigenvalue weighted by Crippen LogP contribution is 2.14. The third kappa shape index (κ3) is 11.7. The normalized spacial score (nSPS) is 11.8. The number of carboxylic acid groups (broad SMARTS) is 1. The van der Waals surface area contributed by atoms with Crippen molar-refractivity contribution in [2.45, 2.75) is 52.5 Å². The van der Waals surface area contributed by atoms with E-state index in [-0.39, 0.29) is 36.9 Å². The van der Waals surface area contributed by atoms with Crippen molar-refractivity contribution in [3.63, 3.8) is 0 Å². The highest BCUT2D eigenvalue weighted by molar-refractivity contribution is 5.83. The fourth-order valence-electron chi connectivity index (χ4n) is 1.87. The molecule has 0 rings (SSSR count). The summed E-state index contributed by atoms with van der Waals surface area (Å²) >= 11 is 0. The van der Waals surface area contributed by atoms with Crippen LogP contribution in [0.25, 0.3) is 0 Å². The first kappa shape index (κ1) is 19.2. The van der Waals surface area contributed by atoms with Crippen LogP contribution >= 0.6 is 0 Å². The lowest BCUT2D eigenvalue weighted by atomic mass is 9.97. The fraction of sp³-hybridized carbons (Fsp3) is 0.786. The summed E-state index contributed by atoms with van der Waals surface area (Å²) in [7, 11) is 0. The van der Waals surface area contributed by atoms with Crippen molar-refractivity contribution in [2.75, 3.05) is 13.1 Å². The number of hydrogen-bond donors (Lipinski definition) is 4. The van der Waals surface area contributed by atoms with E-state index in [1.165, 1.54) is 0 Å². The molecule has 0 heterocycles. The SMILES string of the molecule is CCC(CCNC(=O)NCC(=O)NC(C)C)CCC(=O)O. The van der Waals surface area contributed by atoms with E-state index in [0.29, 0.717) is 13.0 Å². The Labute approximate surface area is 125 Å². The predicted molar refractivity (Wildman–Crippen MR) is 79.9 cm³/mol. The van der Waals surface area contributed by atoms with Gasteiger partial charge in [0.2, 0.25) is 5.91 Å². The minimum Gasteiger partial charge on any atom is -0.481 e. The number of aliphatic carboxylic acids is 1. The molecule has 0 aliphatic rings. The van der Waals surface area contributed by atoms with Crippen molar-refractivity contribution >= 4 is 17.9 Å². The van der Waals surface area contributed by atoms with Gasteiger partial charge in [-0.15, -0.1) is 0 Å². The zero-order valence-electron chi connectivity index (χ0n) is 13.1. The maximum Gasteiger partial charge on any atom is 0.315 e. The number of carbonyl (C=O) groups excluding carboxylic acids is 2. The highest BCUT2D eigenvalue weighted by atomic mass is 16.4. The number of rotatable bonds is 10. The van der Waals surface area contributed by atoms with E-state index in [9.17, 15) is 14.4 Å². The second-order valence-corrected chi connectivity index (χ2v) is 5.33. The van der Waals surface area contributed by atoms with Crippen LogP contribution in [-0.4, -0.2) is 42.1 Å². The first-order valence-corrected chi connectivity index (χ1v) is 7.38. The van der Waals surface area contributed by atoms with Crippen molar-refractivity contribution < 1.29 is 19.5 Å². The van der Waals surface area contributed by atoms with E-state index in [1.54, 1.807) is 0 Å². The van der Waals surface area contributed by atoms with Crippen LogP contribution in [-0.2, 0) is 9.59 Å². The van der Waals surface area contributed by atoms with Gasteiger partial charge in [0, 0.05) is 19.0 Å². The molecule has 7 heteroatoms. The molecule has 1 atom stereocenters. The Morgan fingerprint density at radius 1 is 1.10 bits per heavy atom. The lowest BCUT2D eigenvalue weighted by molar-refractivity contribution is -0.137. The summed E-state index contributed by atoms with van der Waals surface area (Å²) in [6, 6.07) is -0.344. The van der Waals surface area contributed by atoms with E-state index < -0.39 is 5.97 Å². The fourth-order valence-corrected chi connectivity index (χ4v) is 1.87. The van der Waals surface area contributed by atoms with Crippen molar-refractivity contribution in [1.82, 2.24) is 16.0 Å². The lowest BCUT2D eigenvalue weighted by Gasteiger charge is -2.14. The molecule has 0 bridgehead atoms. The van der Waals surface area contributed by atoms with Gasteiger partial charge in [-0.05, 0) is 32.6 Å². The largest absolute Gasteiger partial charge is 0.481 e. The minimum absolute atomic E-state index is 0.0434. The standard InChI is InChI=1S/C14H27N3O4/c1-4-11(5-6-13(19)20)7-8-15-14(21)16-9-12(18)17-10(2)3/h10-11H,4-9H2,1-3H3,(H,17,18)(H,19,20)(H2,15,16,21). The molecule has 0 aromatic heterocycles. The molecule has 7 nitrogen and oxygen atoms in total. The van der Waals surface area contributed by atoms with Gasteiger partial charge in [-0.2, -0.15) is 0 Å². The van der Waals surface area contributed by atoms with Crippen molar-refractivity contribution in [3.05, 3.63) is 0 Å². The molecular weight excluding hydrogens is 274 g/mol. The zero-order valence-corrected chi connectivity index (χ0v) is 13.1. The van der Waals surface area contributed by atoms with Crippen LogP contribution in [0, 0.1) is 5.92 Å². The number of carbonyl (C=O) groups is 3. The summed E-state index contributed by atoms with van der Waals surface area (Å²) < 4.78 is 0. The van der Waals surface area contributed by atoms with Crippen LogP contribution in [0.15, 0.2) is 0 Å². The van der Waals surface area contributed by atoms with Gasteiger partial charge < -0.3 is 21.1 Å². The number of nitrogens with one attached hydrogen (secondary N) is 3. The molecular formula is C14H27N3O4. The van der Waals surface area contributed by atoms with Crippen LogP contribution in [0.2, 0.25) is 0 Å². The van der Waals surface area contributed by atoms with Crippen LogP contribution in [0.1, 0.15) is 46.5 Å². The van der Waals surface area contributed by atoms with Gasteiger partial charge >= 0.3 is 12.0 Å². The first-order valence-electron chi connectivity index (χ1n) is 7.38.